The number of aliphatic imine (C=N–C) groups is 1. The second kappa shape index (κ2) is 4.01. The molecule has 66 valence electrons. The summed E-state index contributed by atoms with van der Waals surface area (Å²) in [5.74, 6) is 3.09. The normalized spacial score (nSPS) is 19.8. The van der Waals surface area contributed by atoms with Crippen LogP contribution in [-0.4, -0.2) is 18.0 Å². The van der Waals surface area contributed by atoms with Crippen molar-refractivity contribution in [2.24, 2.45) is 10.7 Å². The number of guanidine groups is 1. The number of hydrogen-bond acceptors (Lipinski definition) is 1. The fraction of sp³-hybridized carbons (Fsp3) is 0.667. The van der Waals surface area contributed by atoms with E-state index in [-0.39, 0.29) is 6.04 Å². The van der Waals surface area contributed by atoms with Crippen LogP contribution < -0.4 is 11.1 Å². The quantitative estimate of drug-likeness (QED) is 0.363. The molecule has 0 saturated heterocycles. The van der Waals surface area contributed by atoms with Crippen molar-refractivity contribution in [3.8, 4) is 12.3 Å². The summed E-state index contributed by atoms with van der Waals surface area (Å²) >= 11 is 0. The van der Waals surface area contributed by atoms with Gasteiger partial charge in [0.15, 0.2) is 5.96 Å². The predicted octanol–water partition coefficient (Wildman–Crippen LogP) is 0.465. The van der Waals surface area contributed by atoms with Gasteiger partial charge in [0.05, 0.1) is 12.1 Å². The summed E-state index contributed by atoms with van der Waals surface area (Å²) in [5.41, 5.74) is 5.61. The fourth-order valence-corrected chi connectivity index (χ4v) is 0.878. The maximum atomic E-state index is 5.61. The molecule has 1 atom stereocenters. The van der Waals surface area contributed by atoms with Gasteiger partial charge in [0, 0.05) is 0 Å². The Morgan fingerprint density at radius 2 is 2.50 bits per heavy atom. The monoisotopic (exact) mass is 165 g/mol. The number of nitrogens with one attached hydrogen (secondary N) is 1. The van der Waals surface area contributed by atoms with Crippen LogP contribution in [0.3, 0.4) is 0 Å². The lowest BCUT2D eigenvalue weighted by Crippen LogP contribution is -2.39. The minimum absolute atomic E-state index is 0.0208. The molecule has 0 aromatic carbocycles. The second-order valence-electron chi connectivity index (χ2n) is 3.02. The van der Waals surface area contributed by atoms with Crippen molar-refractivity contribution in [3.05, 3.63) is 0 Å². The molecule has 0 aromatic rings. The molecule has 3 nitrogen and oxygen atoms in total. The largest absolute Gasteiger partial charge is 0.370 e. The molecule has 0 aromatic heterocycles. The second-order valence-corrected chi connectivity index (χ2v) is 3.02. The molecule has 1 aliphatic rings. The summed E-state index contributed by atoms with van der Waals surface area (Å²) < 4.78 is 0. The Balaban J connectivity index is 2.33. The first kappa shape index (κ1) is 8.92. The highest BCUT2D eigenvalue weighted by Gasteiger charge is 2.20. The number of nitrogens with two attached hydrogens (primary N) is 1. The van der Waals surface area contributed by atoms with Crippen LogP contribution in [0.5, 0.6) is 0 Å². The van der Waals surface area contributed by atoms with Gasteiger partial charge in [-0.15, -0.1) is 6.42 Å². The van der Waals surface area contributed by atoms with E-state index >= 15 is 0 Å². The Labute approximate surface area is 73.4 Å². The molecule has 0 spiro atoms. The van der Waals surface area contributed by atoms with Gasteiger partial charge < -0.3 is 11.1 Å². The highest BCUT2D eigenvalue weighted by Crippen LogP contribution is 2.22. The third kappa shape index (κ3) is 2.83. The molecule has 1 unspecified atom stereocenters. The van der Waals surface area contributed by atoms with Crippen LogP contribution in [0.2, 0.25) is 0 Å². The van der Waals surface area contributed by atoms with E-state index in [2.05, 4.69) is 16.2 Å². The van der Waals surface area contributed by atoms with Gasteiger partial charge in [0.25, 0.3) is 0 Å². The van der Waals surface area contributed by atoms with E-state index in [9.17, 15) is 0 Å². The van der Waals surface area contributed by atoms with Crippen molar-refractivity contribution in [3.63, 3.8) is 0 Å². The summed E-state index contributed by atoms with van der Waals surface area (Å²) in [6.07, 6.45) is 8.45. The molecule has 1 aliphatic carbocycles. The van der Waals surface area contributed by atoms with Gasteiger partial charge in [-0.3, -0.25) is 4.99 Å². The van der Waals surface area contributed by atoms with Gasteiger partial charge in [0.1, 0.15) is 0 Å². The molecule has 1 rings (SSSR count). The Bertz CT molecular complexity index is 210. The van der Waals surface area contributed by atoms with E-state index in [0.717, 1.165) is 19.3 Å². The highest BCUT2D eigenvalue weighted by molar-refractivity contribution is 5.78. The molecule has 3 heteroatoms. The topological polar surface area (TPSA) is 50.4 Å². The number of hydrogen-bond donors (Lipinski definition) is 2. The molecule has 0 bridgehead atoms. The number of nitrogens with zero attached hydrogens (tertiary/aromatic N) is 1. The van der Waals surface area contributed by atoms with E-state index in [1.165, 1.54) is 0 Å². The van der Waals surface area contributed by atoms with Crippen LogP contribution in [0.25, 0.3) is 0 Å². The van der Waals surface area contributed by atoms with Gasteiger partial charge in [-0.25, -0.2) is 0 Å². The Morgan fingerprint density at radius 3 is 2.92 bits per heavy atom. The zero-order valence-electron chi connectivity index (χ0n) is 7.38. The molecule has 0 radical (unpaired) electrons. The minimum atomic E-state index is 0.0208. The zero-order valence-corrected chi connectivity index (χ0v) is 7.38. The van der Waals surface area contributed by atoms with Gasteiger partial charge in [-0.2, -0.15) is 0 Å². The molecule has 3 N–H and O–H groups in total. The smallest absolute Gasteiger partial charge is 0.189 e. The van der Waals surface area contributed by atoms with Crippen LogP contribution in [0.15, 0.2) is 4.99 Å². The van der Waals surface area contributed by atoms with Gasteiger partial charge in [-0.1, -0.05) is 12.8 Å². The maximum absolute atomic E-state index is 5.61. The average Bonchev–Trinajstić information content (AvgIpc) is 2.84. The summed E-state index contributed by atoms with van der Waals surface area (Å²) in [4.78, 5) is 4.21. The van der Waals surface area contributed by atoms with E-state index in [1.807, 2.05) is 6.92 Å². The standard InChI is InChI=1S/C9H15N3/c1-3-7(4-2)11-9(10)12-8-5-6-8/h1,7-8H,4-6H2,2H3,(H3,10,11,12). The van der Waals surface area contributed by atoms with Crippen LogP contribution in [0.1, 0.15) is 26.2 Å². The zero-order chi connectivity index (χ0) is 8.97. The first-order chi connectivity index (χ1) is 5.76. The third-order valence-corrected chi connectivity index (χ3v) is 1.80. The molecule has 0 heterocycles. The van der Waals surface area contributed by atoms with Gasteiger partial charge >= 0.3 is 0 Å². The van der Waals surface area contributed by atoms with Crippen molar-refractivity contribution in [2.75, 3.05) is 0 Å². The molecule has 0 amide bonds. The van der Waals surface area contributed by atoms with Crippen molar-refractivity contribution in [1.82, 2.24) is 5.32 Å². The Kier molecular flexibility index (Phi) is 2.98. The van der Waals surface area contributed by atoms with Crippen LogP contribution >= 0.6 is 0 Å². The molecule has 1 fully saturated rings. The lowest BCUT2D eigenvalue weighted by Gasteiger charge is -2.10. The minimum Gasteiger partial charge on any atom is -0.370 e. The van der Waals surface area contributed by atoms with Crippen molar-refractivity contribution in [1.29, 1.82) is 0 Å². The van der Waals surface area contributed by atoms with Gasteiger partial charge in [-0.05, 0) is 19.3 Å². The average molecular weight is 165 g/mol. The van der Waals surface area contributed by atoms with E-state index in [0.29, 0.717) is 12.0 Å². The summed E-state index contributed by atoms with van der Waals surface area (Å²) in [7, 11) is 0. The van der Waals surface area contributed by atoms with E-state index < -0.39 is 0 Å². The van der Waals surface area contributed by atoms with Crippen molar-refractivity contribution in [2.45, 2.75) is 38.3 Å². The number of terminal acetylenes is 1. The van der Waals surface area contributed by atoms with Crippen molar-refractivity contribution < 1.29 is 0 Å². The summed E-state index contributed by atoms with van der Waals surface area (Å²) in [6, 6.07) is 0.472. The first-order valence-electron chi connectivity index (χ1n) is 4.32. The Hall–Kier alpha value is -1.17. The SMILES string of the molecule is C#CC(CC)NC(N)=NC1CC1. The van der Waals surface area contributed by atoms with Crippen molar-refractivity contribution >= 4 is 5.96 Å². The van der Waals surface area contributed by atoms with E-state index in [4.69, 9.17) is 12.2 Å². The van der Waals surface area contributed by atoms with Gasteiger partial charge in [0.2, 0.25) is 0 Å². The number of rotatable bonds is 3. The van der Waals surface area contributed by atoms with Crippen LogP contribution in [0, 0.1) is 12.3 Å². The van der Waals surface area contributed by atoms with E-state index in [1.54, 1.807) is 0 Å². The maximum Gasteiger partial charge on any atom is 0.189 e. The molecular formula is C9H15N3. The van der Waals surface area contributed by atoms with Crippen LogP contribution in [0.4, 0.5) is 0 Å². The molecule has 12 heavy (non-hydrogen) atoms. The predicted molar refractivity (Wildman–Crippen MR) is 50.7 cm³/mol. The highest BCUT2D eigenvalue weighted by atomic mass is 15.1. The molecule has 0 aliphatic heterocycles. The first-order valence-corrected chi connectivity index (χ1v) is 4.32. The summed E-state index contributed by atoms with van der Waals surface area (Å²) in [5, 5.41) is 2.98. The Morgan fingerprint density at radius 1 is 1.83 bits per heavy atom. The fourth-order valence-electron chi connectivity index (χ4n) is 0.878. The lowest BCUT2D eigenvalue weighted by molar-refractivity contribution is 0.715. The lowest BCUT2D eigenvalue weighted by atomic mass is 10.2. The van der Waals surface area contributed by atoms with Crippen LogP contribution in [-0.2, 0) is 0 Å². The molecule has 1 saturated carbocycles. The summed E-state index contributed by atoms with van der Waals surface area (Å²) in [6.45, 7) is 2.02. The molecular weight excluding hydrogens is 150 g/mol. The third-order valence-electron chi connectivity index (χ3n) is 1.80.